The van der Waals surface area contributed by atoms with Crippen LogP contribution in [-0.4, -0.2) is 24.3 Å². The van der Waals surface area contributed by atoms with Gasteiger partial charge >= 0.3 is 5.97 Å². The molecule has 0 aliphatic rings. The van der Waals surface area contributed by atoms with E-state index >= 15 is 0 Å². The van der Waals surface area contributed by atoms with Crippen molar-refractivity contribution in [2.75, 3.05) is 7.11 Å². The van der Waals surface area contributed by atoms with Crippen LogP contribution in [0.1, 0.15) is 32.1 Å². The molecule has 0 heterocycles. The van der Waals surface area contributed by atoms with Gasteiger partial charge in [-0.2, -0.15) is 5.26 Å². The quantitative estimate of drug-likeness (QED) is 0.626. The summed E-state index contributed by atoms with van der Waals surface area (Å²) in [4.78, 5) is 10.7. The van der Waals surface area contributed by atoms with Crippen LogP contribution in [0.3, 0.4) is 0 Å². The van der Waals surface area contributed by atoms with Crippen molar-refractivity contribution < 1.29 is 14.6 Å². The lowest BCUT2D eigenvalue weighted by Crippen LogP contribution is -2.07. The van der Waals surface area contributed by atoms with Crippen LogP contribution in [0.5, 0.6) is 0 Å². The maximum absolute atomic E-state index is 10.7. The van der Waals surface area contributed by atoms with Gasteiger partial charge in [-0.3, -0.25) is 4.79 Å². The molecule has 0 saturated carbocycles. The van der Waals surface area contributed by atoms with E-state index in [2.05, 4.69) is 4.74 Å². The first-order valence-corrected chi connectivity index (χ1v) is 4.32. The Morgan fingerprint density at radius 3 is 2.85 bits per heavy atom. The van der Waals surface area contributed by atoms with Gasteiger partial charge in [-0.25, -0.2) is 0 Å². The Labute approximate surface area is 78.1 Å². The second kappa shape index (κ2) is 7.56. The molecule has 13 heavy (non-hydrogen) atoms. The molecule has 0 fully saturated rings. The van der Waals surface area contributed by atoms with E-state index in [9.17, 15) is 9.90 Å². The predicted molar refractivity (Wildman–Crippen MR) is 46.7 cm³/mol. The van der Waals surface area contributed by atoms with Crippen LogP contribution in [0, 0.1) is 11.3 Å². The van der Waals surface area contributed by atoms with E-state index in [4.69, 9.17) is 5.26 Å². The molecule has 74 valence electrons. The Bertz CT molecular complexity index is 186. The maximum atomic E-state index is 10.7. The number of aliphatic hydroxyl groups is 1. The molecule has 1 N–H and O–H groups in total. The lowest BCUT2D eigenvalue weighted by molar-refractivity contribution is -0.140. The lowest BCUT2D eigenvalue weighted by atomic mass is 10.1. The van der Waals surface area contributed by atoms with Gasteiger partial charge in [-0.1, -0.05) is 0 Å². The molecule has 4 nitrogen and oxygen atoms in total. The summed E-state index contributed by atoms with van der Waals surface area (Å²) < 4.78 is 4.44. The van der Waals surface area contributed by atoms with Gasteiger partial charge in [0.1, 0.15) is 0 Å². The van der Waals surface area contributed by atoms with Crippen molar-refractivity contribution in [1.29, 1.82) is 5.26 Å². The predicted octanol–water partition coefficient (Wildman–Crippen LogP) is 0.994. The highest BCUT2D eigenvalue weighted by atomic mass is 16.5. The molecule has 4 heteroatoms. The van der Waals surface area contributed by atoms with Crippen LogP contribution in [0.25, 0.3) is 0 Å². The van der Waals surface area contributed by atoms with Gasteiger partial charge in [0.05, 0.1) is 19.3 Å². The average Bonchev–Trinajstić information content (AvgIpc) is 2.14. The number of hydrogen-bond donors (Lipinski definition) is 1. The van der Waals surface area contributed by atoms with E-state index in [1.165, 1.54) is 7.11 Å². The first kappa shape index (κ1) is 11.9. The summed E-state index contributed by atoms with van der Waals surface area (Å²) in [6.45, 7) is 0. The van der Waals surface area contributed by atoms with E-state index in [0.717, 1.165) is 0 Å². The molecule has 1 atom stereocenters. The van der Waals surface area contributed by atoms with Gasteiger partial charge in [0.25, 0.3) is 0 Å². The molecule has 0 aromatic heterocycles. The van der Waals surface area contributed by atoms with Gasteiger partial charge in [0.15, 0.2) is 0 Å². The van der Waals surface area contributed by atoms with Gasteiger partial charge < -0.3 is 9.84 Å². The molecule has 0 spiro atoms. The zero-order valence-corrected chi connectivity index (χ0v) is 7.82. The SMILES string of the molecule is COC(=O)CCCC(O)CCC#N. The molecule has 0 bridgehead atoms. The molecular weight excluding hydrogens is 170 g/mol. The highest BCUT2D eigenvalue weighted by Crippen LogP contribution is 2.06. The summed E-state index contributed by atoms with van der Waals surface area (Å²) in [5, 5.41) is 17.5. The van der Waals surface area contributed by atoms with Gasteiger partial charge in [-0.15, -0.1) is 0 Å². The highest BCUT2D eigenvalue weighted by Gasteiger charge is 2.05. The summed E-state index contributed by atoms with van der Waals surface area (Å²) in [6.07, 6.45) is 1.87. The molecule has 0 radical (unpaired) electrons. The summed E-state index contributed by atoms with van der Waals surface area (Å²) in [5.74, 6) is -0.257. The van der Waals surface area contributed by atoms with Crippen LogP contribution in [0.4, 0.5) is 0 Å². The van der Waals surface area contributed by atoms with Crippen LogP contribution >= 0.6 is 0 Å². The first-order valence-electron chi connectivity index (χ1n) is 4.32. The third-order valence-electron chi connectivity index (χ3n) is 1.74. The fraction of sp³-hybridized carbons (Fsp3) is 0.778. The monoisotopic (exact) mass is 185 g/mol. The molecule has 0 aromatic carbocycles. The second-order valence-electron chi connectivity index (χ2n) is 2.82. The molecular formula is C9H15NO3. The van der Waals surface area contributed by atoms with Crippen LogP contribution in [0.2, 0.25) is 0 Å². The number of ether oxygens (including phenoxy) is 1. The van der Waals surface area contributed by atoms with Crippen molar-refractivity contribution in [1.82, 2.24) is 0 Å². The Morgan fingerprint density at radius 2 is 2.31 bits per heavy atom. The summed E-state index contributed by atoms with van der Waals surface area (Å²) in [6, 6.07) is 1.96. The van der Waals surface area contributed by atoms with E-state index < -0.39 is 6.10 Å². The number of hydrogen-bond acceptors (Lipinski definition) is 4. The van der Waals surface area contributed by atoms with Crippen molar-refractivity contribution in [3.05, 3.63) is 0 Å². The third kappa shape index (κ3) is 7.29. The zero-order chi connectivity index (χ0) is 10.1. The number of carbonyl (C=O) groups is 1. The molecule has 0 saturated heterocycles. The Morgan fingerprint density at radius 1 is 1.62 bits per heavy atom. The molecule has 0 rings (SSSR count). The Kier molecular flexibility index (Phi) is 6.93. The molecule has 0 aliphatic heterocycles. The summed E-state index contributed by atoms with van der Waals surface area (Å²) in [5.41, 5.74) is 0. The average molecular weight is 185 g/mol. The largest absolute Gasteiger partial charge is 0.469 e. The topological polar surface area (TPSA) is 70.3 Å². The number of nitriles is 1. The molecule has 1 unspecified atom stereocenters. The summed E-state index contributed by atoms with van der Waals surface area (Å²) >= 11 is 0. The van der Waals surface area contributed by atoms with Crippen molar-refractivity contribution in [2.45, 2.75) is 38.2 Å². The van der Waals surface area contributed by atoms with Crippen molar-refractivity contribution in [2.24, 2.45) is 0 Å². The highest BCUT2D eigenvalue weighted by molar-refractivity contribution is 5.68. The fourth-order valence-electron chi connectivity index (χ4n) is 0.960. The van der Waals surface area contributed by atoms with E-state index in [0.29, 0.717) is 32.1 Å². The number of aliphatic hydroxyl groups excluding tert-OH is 1. The third-order valence-corrected chi connectivity index (χ3v) is 1.74. The Balaban J connectivity index is 3.32. The summed E-state index contributed by atoms with van der Waals surface area (Å²) in [7, 11) is 1.34. The molecule has 0 aromatic rings. The standard InChI is InChI=1S/C9H15NO3/c1-13-9(12)6-2-4-8(11)5-3-7-10/h8,11H,2-6H2,1H3. The van der Waals surface area contributed by atoms with Crippen LogP contribution < -0.4 is 0 Å². The minimum absolute atomic E-state index is 0.257. The van der Waals surface area contributed by atoms with Crippen molar-refractivity contribution in [3.8, 4) is 6.07 Å². The second-order valence-corrected chi connectivity index (χ2v) is 2.82. The maximum Gasteiger partial charge on any atom is 0.305 e. The van der Waals surface area contributed by atoms with Crippen LogP contribution in [-0.2, 0) is 9.53 Å². The minimum atomic E-state index is -0.468. The first-order chi connectivity index (χ1) is 6.20. The Hall–Kier alpha value is -1.08. The lowest BCUT2D eigenvalue weighted by Gasteiger charge is -2.06. The minimum Gasteiger partial charge on any atom is -0.469 e. The number of esters is 1. The van der Waals surface area contributed by atoms with E-state index in [1.807, 2.05) is 6.07 Å². The number of carbonyl (C=O) groups excluding carboxylic acids is 1. The van der Waals surface area contributed by atoms with Gasteiger partial charge in [0, 0.05) is 12.8 Å². The van der Waals surface area contributed by atoms with E-state index in [1.54, 1.807) is 0 Å². The van der Waals surface area contributed by atoms with Gasteiger partial charge in [-0.05, 0) is 19.3 Å². The van der Waals surface area contributed by atoms with Crippen LogP contribution in [0.15, 0.2) is 0 Å². The van der Waals surface area contributed by atoms with Gasteiger partial charge in [0.2, 0.25) is 0 Å². The van der Waals surface area contributed by atoms with Crippen molar-refractivity contribution >= 4 is 5.97 Å². The fourth-order valence-corrected chi connectivity index (χ4v) is 0.960. The smallest absolute Gasteiger partial charge is 0.305 e. The molecule has 0 aliphatic carbocycles. The number of rotatable bonds is 6. The molecule has 0 amide bonds. The van der Waals surface area contributed by atoms with E-state index in [-0.39, 0.29) is 5.97 Å². The number of methoxy groups -OCH3 is 1. The zero-order valence-electron chi connectivity index (χ0n) is 7.82. The number of nitrogens with zero attached hydrogens (tertiary/aromatic N) is 1. The van der Waals surface area contributed by atoms with Crippen molar-refractivity contribution in [3.63, 3.8) is 0 Å². The normalized spacial score (nSPS) is 11.8.